The molecule has 0 aromatic heterocycles. The molecular weight excluding hydrogens is 93.1 g/mol. The number of halogens is 1. The summed E-state index contributed by atoms with van der Waals surface area (Å²) < 4.78 is 11.7. The number of hydrogen-bond acceptors (Lipinski definition) is 1. The third-order valence-corrected chi connectivity index (χ3v) is 0.406. The summed E-state index contributed by atoms with van der Waals surface area (Å²) in [5, 5.41) is 0. The van der Waals surface area contributed by atoms with Crippen molar-refractivity contribution in [2.75, 3.05) is 0 Å². The molecule has 0 amide bonds. The molecule has 0 aromatic carbocycles. The number of nitrogens with zero attached hydrogens (tertiary/aromatic N) is 1. The Bertz CT molecular complexity index is 105. The molecule has 0 N–H and O–H groups in total. The van der Waals surface area contributed by atoms with Gasteiger partial charge in [0.05, 0.1) is 0 Å². The van der Waals surface area contributed by atoms with E-state index in [0.29, 0.717) is 0 Å². The highest BCUT2D eigenvalue weighted by atomic mass is 19.1. The smallest absolute Gasteiger partial charge is 0.212 e. The molecule has 7 heavy (non-hydrogen) atoms. The zero-order valence-electron chi connectivity index (χ0n) is 3.89. The molecule has 0 fully saturated rings. The maximum Gasteiger partial charge on any atom is 0.212 e. The molecule has 0 radical (unpaired) electrons. The average Bonchev–Trinajstić information content (AvgIpc) is 1.68. The Morgan fingerprint density at radius 2 is 2.29 bits per heavy atom. The van der Waals surface area contributed by atoms with Gasteiger partial charge in [-0.05, 0) is 12.8 Å². The lowest BCUT2D eigenvalue weighted by Crippen LogP contribution is -1.57. The summed E-state index contributed by atoms with van der Waals surface area (Å²) in [6, 6.07) is 0. The molecule has 0 aromatic rings. The van der Waals surface area contributed by atoms with Crippen LogP contribution in [0.3, 0.4) is 0 Å². The minimum absolute atomic E-state index is 0.602. The SMILES string of the molecule is C=C/C=C(/F)N=C. The van der Waals surface area contributed by atoms with Crippen LogP contribution in [0.1, 0.15) is 0 Å². The Labute approximate surface area is 41.9 Å². The molecule has 0 unspecified atom stereocenters. The fourth-order valence-corrected chi connectivity index (χ4v) is 0.150. The van der Waals surface area contributed by atoms with Crippen molar-refractivity contribution in [1.82, 2.24) is 0 Å². The highest BCUT2D eigenvalue weighted by Crippen LogP contribution is 1.93. The van der Waals surface area contributed by atoms with Crippen molar-refractivity contribution in [1.29, 1.82) is 0 Å². The fourth-order valence-electron chi connectivity index (χ4n) is 0.150. The van der Waals surface area contributed by atoms with Gasteiger partial charge >= 0.3 is 0 Å². The molecule has 0 saturated carbocycles. The van der Waals surface area contributed by atoms with Crippen molar-refractivity contribution >= 4 is 6.72 Å². The van der Waals surface area contributed by atoms with E-state index < -0.39 is 5.95 Å². The average molecular weight is 99.1 g/mol. The molecule has 0 aliphatic rings. The van der Waals surface area contributed by atoms with E-state index in [-0.39, 0.29) is 0 Å². The quantitative estimate of drug-likeness (QED) is 0.284. The van der Waals surface area contributed by atoms with Crippen LogP contribution in [0.4, 0.5) is 4.39 Å². The summed E-state index contributed by atoms with van der Waals surface area (Å²) in [6.07, 6.45) is 2.44. The van der Waals surface area contributed by atoms with Crippen LogP contribution >= 0.6 is 0 Å². The van der Waals surface area contributed by atoms with Crippen LogP contribution in [0.25, 0.3) is 0 Å². The highest BCUT2D eigenvalue weighted by molar-refractivity contribution is 5.27. The molecule has 38 valence electrons. The molecule has 0 aliphatic heterocycles. The number of aliphatic imine (C=N–C) groups is 1. The molecule has 0 spiro atoms. The van der Waals surface area contributed by atoms with E-state index in [1.54, 1.807) is 0 Å². The number of rotatable bonds is 2. The first-order valence-corrected chi connectivity index (χ1v) is 1.76. The first kappa shape index (κ1) is 6.08. The molecular formula is C5H6FN. The number of allylic oxidation sites excluding steroid dienone is 2. The van der Waals surface area contributed by atoms with Crippen LogP contribution in [0.15, 0.2) is 29.7 Å². The monoisotopic (exact) mass is 99.0 g/mol. The largest absolute Gasteiger partial charge is 0.236 e. The van der Waals surface area contributed by atoms with Crippen LogP contribution in [-0.2, 0) is 0 Å². The van der Waals surface area contributed by atoms with Gasteiger partial charge in [0.1, 0.15) is 0 Å². The van der Waals surface area contributed by atoms with E-state index in [4.69, 9.17) is 0 Å². The topological polar surface area (TPSA) is 12.4 Å². The van der Waals surface area contributed by atoms with Crippen molar-refractivity contribution in [2.24, 2.45) is 4.99 Å². The maximum absolute atomic E-state index is 11.7. The minimum atomic E-state index is -0.602. The van der Waals surface area contributed by atoms with E-state index in [2.05, 4.69) is 18.3 Å². The predicted molar refractivity (Wildman–Crippen MR) is 28.9 cm³/mol. The highest BCUT2D eigenvalue weighted by Gasteiger charge is 1.76. The van der Waals surface area contributed by atoms with E-state index in [9.17, 15) is 4.39 Å². The van der Waals surface area contributed by atoms with Crippen molar-refractivity contribution in [3.8, 4) is 0 Å². The predicted octanol–water partition coefficient (Wildman–Crippen LogP) is 1.68. The van der Waals surface area contributed by atoms with E-state index in [0.717, 1.165) is 6.08 Å². The minimum Gasteiger partial charge on any atom is -0.236 e. The molecule has 0 bridgehead atoms. The molecule has 0 atom stereocenters. The zero-order valence-corrected chi connectivity index (χ0v) is 3.89. The van der Waals surface area contributed by atoms with Gasteiger partial charge < -0.3 is 0 Å². The summed E-state index contributed by atoms with van der Waals surface area (Å²) in [4.78, 5) is 2.95. The lowest BCUT2D eigenvalue weighted by molar-refractivity contribution is 0.630. The standard InChI is InChI=1S/C5H6FN/c1-3-4-5(6)7-2/h3-4H,1-2H2/b5-4-. The normalized spacial score (nSPS) is 10.7. The first-order chi connectivity index (χ1) is 3.31. The summed E-state index contributed by atoms with van der Waals surface area (Å²) in [7, 11) is 0. The fraction of sp³-hybridized carbons (Fsp3) is 0. The van der Waals surface area contributed by atoms with Gasteiger partial charge in [0.2, 0.25) is 5.95 Å². The Hall–Kier alpha value is -0.920. The Morgan fingerprint density at radius 3 is 2.43 bits per heavy atom. The van der Waals surface area contributed by atoms with Crippen LogP contribution in [0.5, 0.6) is 0 Å². The van der Waals surface area contributed by atoms with Crippen LogP contribution < -0.4 is 0 Å². The van der Waals surface area contributed by atoms with Gasteiger partial charge in [-0.25, -0.2) is 4.99 Å². The molecule has 2 heteroatoms. The second-order valence-electron chi connectivity index (χ2n) is 0.883. The first-order valence-electron chi connectivity index (χ1n) is 1.76. The summed E-state index contributed by atoms with van der Waals surface area (Å²) in [5.74, 6) is -0.602. The molecule has 0 aliphatic carbocycles. The third kappa shape index (κ3) is 2.89. The number of hydrogen-bond donors (Lipinski definition) is 0. The van der Waals surface area contributed by atoms with Crippen molar-refractivity contribution in [2.45, 2.75) is 0 Å². The van der Waals surface area contributed by atoms with Crippen molar-refractivity contribution in [3.63, 3.8) is 0 Å². The van der Waals surface area contributed by atoms with E-state index in [1.165, 1.54) is 6.08 Å². The lowest BCUT2D eigenvalue weighted by Gasteiger charge is -1.74. The molecule has 1 nitrogen and oxygen atoms in total. The van der Waals surface area contributed by atoms with E-state index in [1.807, 2.05) is 0 Å². The van der Waals surface area contributed by atoms with Gasteiger partial charge in [-0.1, -0.05) is 12.7 Å². The van der Waals surface area contributed by atoms with Crippen LogP contribution in [-0.4, -0.2) is 6.72 Å². The summed E-state index contributed by atoms with van der Waals surface area (Å²) in [5.41, 5.74) is 0. The Balaban J connectivity index is 3.72. The second-order valence-corrected chi connectivity index (χ2v) is 0.883. The lowest BCUT2D eigenvalue weighted by atomic mass is 10.6. The van der Waals surface area contributed by atoms with Gasteiger partial charge in [0.25, 0.3) is 0 Å². The summed E-state index contributed by atoms with van der Waals surface area (Å²) >= 11 is 0. The van der Waals surface area contributed by atoms with Crippen molar-refractivity contribution in [3.05, 3.63) is 24.7 Å². The molecule has 0 rings (SSSR count). The van der Waals surface area contributed by atoms with Gasteiger partial charge in [0.15, 0.2) is 0 Å². The zero-order chi connectivity index (χ0) is 5.70. The van der Waals surface area contributed by atoms with E-state index >= 15 is 0 Å². The second kappa shape index (κ2) is 3.28. The van der Waals surface area contributed by atoms with Crippen LogP contribution in [0.2, 0.25) is 0 Å². The van der Waals surface area contributed by atoms with Crippen molar-refractivity contribution < 1.29 is 4.39 Å². The third-order valence-electron chi connectivity index (χ3n) is 0.406. The van der Waals surface area contributed by atoms with Gasteiger partial charge in [-0.3, -0.25) is 0 Å². The van der Waals surface area contributed by atoms with Gasteiger partial charge in [0, 0.05) is 0 Å². The van der Waals surface area contributed by atoms with Gasteiger partial charge in [-0.2, -0.15) is 4.39 Å². The molecule has 0 heterocycles. The Kier molecular flexibility index (Phi) is 2.85. The maximum atomic E-state index is 11.7. The van der Waals surface area contributed by atoms with Crippen LogP contribution in [0, 0.1) is 0 Å². The summed E-state index contributed by atoms with van der Waals surface area (Å²) in [6.45, 7) is 6.18. The van der Waals surface area contributed by atoms with Gasteiger partial charge in [-0.15, -0.1) is 0 Å². The molecule has 0 saturated heterocycles. The Morgan fingerprint density at radius 1 is 1.71 bits per heavy atom.